The Balaban J connectivity index is 1.50. The van der Waals surface area contributed by atoms with Crippen molar-refractivity contribution in [2.24, 2.45) is 5.41 Å². The molecule has 1 amide bonds. The molecule has 2 aliphatic heterocycles. The van der Waals surface area contributed by atoms with Gasteiger partial charge in [-0.25, -0.2) is 9.87 Å². The summed E-state index contributed by atoms with van der Waals surface area (Å²) in [6, 6.07) is 3.47. The third kappa shape index (κ3) is 2.14. The lowest BCUT2D eigenvalue weighted by Crippen LogP contribution is -2.65. The zero-order valence-electron chi connectivity index (χ0n) is 12.4. The summed E-state index contributed by atoms with van der Waals surface area (Å²) in [6.07, 6.45) is 3.17. The van der Waals surface area contributed by atoms with Crippen LogP contribution in [0.3, 0.4) is 0 Å². The molecule has 1 aliphatic carbocycles. The van der Waals surface area contributed by atoms with E-state index in [0.29, 0.717) is 23.6 Å². The quantitative estimate of drug-likeness (QED) is 0.565. The Morgan fingerprint density at radius 1 is 1.41 bits per heavy atom. The van der Waals surface area contributed by atoms with Gasteiger partial charge in [-0.05, 0) is 42.4 Å². The summed E-state index contributed by atoms with van der Waals surface area (Å²) in [6.45, 7) is 3.78. The average Bonchev–Trinajstić information content (AvgIpc) is 2.43. The normalized spacial score (nSPS) is 23.5. The molecule has 1 aromatic rings. The first-order valence-corrected chi connectivity index (χ1v) is 7.81. The van der Waals surface area contributed by atoms with E-state index in [1.54, 1.807) is 11.5 Å². The Morgan fingerprint density at radius 2 is 2.18 bits per heavy atom. The van der Waals surface area contributed by atoms with Gasteiger partial charge in [0.15, 0.2) is 0 Å². The number of hydroxylamine groups is 1. The van der Waals surface area contributed by atoms with Crippen LogP contribution in [-0.2, 0) is 13.0 Å². The fraction of sp³-hybridized carbons (Fsp3) is 0.562. The van der Waals surface area contributed by atoms with E-state index >= 15 is 0 Å². The number of nitrogens with zero attached hydrogens (tertiary/aromatic N) is 1. The Bertz CT molecular complexity index is 622. The predicted molar refractivity (Wildman–Crippen MR) is 78.1 cm³/mol. The molecule has 3 aliphatic rings. The van der Waals surface area contributed by atoms with Gasteiger partial charge in [0.05, 0.1) is 0 Å². The lowest BCUT2D eigenvalue weighted by Gasteiger charge is -2.57. The molecule has 1 saturated heterocycles. The van der Waals surface area contributed by atoms with E-state index in [0.717, 1.165) is 31.6 Å². The van der Waals surface area contributed by atoms with Crippen molar-refractivity contribution in [1.82, 2.24) is 15.7 Å². The summed E-state index contributed by atoms with van der Waals surface area (Å²) >= 11 is 0. The molecule has 0 bridgehead atoms. The second-order valence-corrected chi connectivity index (χ2v) is 6.92. The molecular weight excluding hydrogens is 285 g/mol. The van der Waals surface area contributed by atoms with Gasteiger partial charge in [0, 0.05) is 43.3 Å². The Labute approximate surface area is 128 Å². The molecule has 5 nitrogen and oxygen atoms in total. The molecule has 0 atom stereocenters. The Morgan fingerprint density at radius 3 is 2.82 bits per heavy atom. The standard InChI is InChI=1S/C16H20FN3O2/c17-14-4-11(15(21)19-22)3-10-1-2-20(7-13(10)14)12-5-16(6-12)8-18-9-16/h3-4,12,18,22H,1-2,5-9H2,(H,19,21). The van der Waals surface area contributed by atoms with Crippen LogP contribution >= 0.6 is 0 Å². The second-order valence-electron chi connectivity index (χ2n) is 6.92. The van der Waals surface area contributed by atoms with Crippen molar-refractivity contribution in [3.8, 4) is 0 Å². The highest BCUT2D eigenvalue weighted by atomic mass is 19.1. The van der Waals surface area contributed by atoms with Crippen molar-refractivity contribution >= 4 is 5.91 Å². The molecule has 1 aromatic carbocycles. The Kier molecular flexibility index (Phi) is 3.21. The van der Waals surface area contributed by atoms with E-state index in [1.807, 2.05) is 0 Å². The molecule has 0 radical (unpaired) electrons. The molecule has 3 N–H and O–H groups in total. The van der Waals surface area contributed by atoms with Gasteiger partial charge in [0.1, 0.15) is 5.82 Å². The maximum absolute atomic E-state index is 14.3. The summed E-state index contributed by atoms with van der Waals surface area (Å²) in [5.41, 5.74) is 3.84. The summed E-state index contributed by atoms with van der Waals surface area (Å²) in [5.74, 6) is -1.01. The molecule has 118 valence electrons. The van der Waals surface area contributed by atoms with Crippen LogP contribution in [0, 0.1) is 11.2 Å². The maximum atomic E-state index is 14.3. The molecule has 22 heavy (non-hydrogen) atoms. The summed E-state index contributed by atoms with van der Waals surface area (Å²) in [4.78, 5) is 13.8. The van der Waals surface area contributed by atoms with Crippen LogP contribution in [0.5, 0.6) is 0 Å². The predicted octanol–water partition coefficient (Wildman–Crippen LogP) is 1.05. The van der Waals surface area contributed by atoms with Gasteiger partial charge >= 0.3 is 0 Å². The van der Waals surface area contributed by atoms with Gasteiger partial charge in [-0.3, -0.25) is 14.9 Å². The zero-order valence-corrected chi connectivity index (χ0v) is 12.4. The number of rotatable bonds is 2. The number of nitrogens with one attached hydrogen (secondary N) is 2. The van der Waals surface area contributed by atoms with Crippen molar-refractivity contribution in [2.45, 2.75) is 31.8 Å². The van der Waals surface area contributed by atoms with Crippen LogP contribution in [0.1, 0.15) is 34.3 Å². The first kappa shape index (κ1) is 14.1. The van der Waals surface area contributed by atoms with Crippen molar-refractivity contribution in [2.75, 3.05) is 19.6 Å². The zero-order chi connectivity index (χ0) is 15.3. The molecule has 2 heterocycles. The van der Waals surface area contributed by atoms with Crippen molar-refractivity contribution in [1.29, 1.82) is 0 Å². The van der Waals surface area contributed by atoms with Gasteiger partial charge in [0.2, 0.25) is 0 Å². The van der Waals surface area contributed by atoms with Crippen LogP contribution in [0.4, 0.5) is 4.39 Å². The maximum Gasteiger partial charge on any atom is 0.274 e. The fourth-order valence-electron chi connectivity index (χ4n) is 4.11. The van der Waals surface area contributed by atoms with E-state index < -0.39 is 5.91 Å². The van der Waals surface area contributed by atoms with Crippen LogP contribution in [0.2, 0.25) is 0 Å². The SMILES string of the molecule is O=C(NO)c1cc(F)c2c(c1)CCN(C1CC3(CNC3)C1)C2. The van der Waals surface area contributed by atoms with Gasteiger partial charge < -0.3 is 5.32 Å². The van der Waals surface area contributed by atoms with Crippen LogP contribution in [-0.4, -0.2) is 41.7 Å². The first-order valence-electron chi connectivity index (χ1n) is 7.81. The topological polar surface area (TPSA) is 64.6 Å². The van der Waals surface area contributed by atoms with Gasteiger partial charge in [0.25, 0.3) is 5.91 Å². The number of carbonyl (C=O) groups excluding carboxylic acids is 1. The molecule has 0 aromatic heterocycles. The molecule has 6 heteroatoms. The van der Waals surface area contributed by atoms with Crippen molar-refractivity contribution in [3.05, 3.63) is 34.6 Å². The van der Waals surface area contributed by atoms with Crippen LogP contribution in [0.15, 0.2) is 12.1 Å². The molecular formula is C16H20FN3O2. The minimum atomic E-state index is -0.664. The van der Waals surface area contributed by atoms with Gasteiger partial charge in [-0.1, -0.05) is 0 Å². The third-order valence-corrected chi connectivity index (χ3v) is 5.53. The van der Waals surface area contributed by atoms with Crippen LogP contribution < -0.4 is 10.8 Å². The van der Waals surface area contributed by atoms with E-state index in [1.165, 1.54) is 18.9 Å². The first-order chi connectivity index (χ1) is 10.6. The Hall–Kier alpha value is -1.50. The van der Waals surface area contributed by atoms with E-state index in [4.69, 9.17) is 5.21 Å². The smallest absolute Gasteiger partial charge is 0.274 e. The van der Waals surface area contributed by atoms with E-state index in [2.05, 4.69) is 10.2 Å². The summed E-state index contributed by atoms with van der Waals surface area (Å²) in [5, 5.41) is 12.0. The second kappa shape index (κ2) is 5.01. The summed E-state index contributed by atoms with van der Waals surface area (Å²) < 4.78 is 14.3. The number of hydrogen-bond acceptors (Lipinski definition) is 4. The summed E-state index contributed by atoms with van der Waals surface area (Å²) in [7, 11) is 0. The highest BCUT2D eigenvalue weighted by Crippen LogP contribution is 2.47. The molecule has 2 fully saturated rings. The number of amides is 1. The van der Waals surface area contributed by atoms with Crippen LogP contribution in [0.25, 0.3) is 0 Å². The number of halogens is 1. The lowest BCUT2D eigenvalue weighted by atomic mass is 9.61. The molecule has 1 saturated carbocycles. The highest BCUT2D eigenvalue weighted by Gasteiger charge is 2.50. The number of carbonyl (C=O) groups is 1. The minimum Gasteiger partial charge on any atom is -0.316 e. The highest BCUT2D eigenvalue weighted by molar-refractivity contribution is 5.93. The molecule has 4 rings (SSSR count). The molecule has 1 spiro atoms. The third-order valence-electron chi connectivity index (χ3n) is 5.53. The minimum absolute atomic E-state index is 0.176. The molecule has 0 unspecified atom stereocenters. The van der Waals surface area contributed by atoms with Crippen molar-refractivity contribution < 1.29 is 14.4 Å². The number of benzene rings is 1. The monoisotopic (exact) mass is 305 g/mol. The van der Waals surface area contributed by atoms with E-state index in [9.17, 15) is 9.18 Å². The number of fused-ring (bicyclic) bond motifs is 1. The van der Waals surface area contributed by atoms with Gasteiger partial charge in [-0.2, -0.15) is 0 Å². The number of hydrogen-bond donors (Lipinski definition) is 3. The van der Waals surface area contributed by atoms with E-state index in [-0.39, 0.29) is 11.4 Å². The average molecular weight is 305 g/mol. The largest absolute Gasteiger partial charge is 0.316 e. The van der Waals surface area contributed by atoms with Gasteiger partial charge in [-0.15, -0.1) is 0 Å². The fourth-order valence-corrected chi connectivity index (χ4v) is 4.11. The van der Waals surface area contributed by atoms with Crippen molar-refractivity contribution in [3.63, 3.8) is 0 Å². The lowest BCUT2D eigenvalue weighted by molar-refractivity contribution is -0.0412.